The van der Waals surface area contributed by atoms with Crippen molar-refractivity contribution in [3.05, 3.63) is 18.2 Å². The lowest BCUT2D eigenvalue weighted by Crippen LogP contribution is -2.10. The van der Waals surface area contributed by atoms with Gasteiger partial charge in [0.05, 0.1) is 0 Å². The fraction of sp³-hybridized carbons (Fsp3) is 0.824. The molecule has 19 heavy (non-hydrogen) atoms. The first-order valence-corrected chi connectivity index (χ1v) is 8.23. The quantitative estimate of drug-likeness (QED) is 0.495. The van der Waals surface area contributed by atoms with Crippen LogP contribution in [-0.4, -0.2) is 9.55 Å². The van der Waals surface area contributed by atoms with Crippen molar-refractivity contribution in [2.75, 3.05) is 0 Å². The van der Waals surface area contributed by atoms with Crippen LogP contribution >= 0.6 is 0 Å². The van der Waals surface area contributed by atoms with E-state index in [4.69, 9.17) is 0 Å². The van der Waals surface area contributed by atoms with Crippen molar-refractivity contribution < 1.29 is 0 Å². The molecule has 2 atom stereocenters. The predicted octanol–water partition coefficient (Wildman–Crippen LogP) is 5.71. The Bertz CT molecular complexity index is 330. The molecule has 0 aromatic carbocycles. The van der Waals surface area contributed by atoms with Crippen molar-refractivity contribution in [3.63, 3.8) is 0 Å². The summed E-state index contributed by atoms with van der Waals surface area (Å²) < 4.78 is 2.39. The van der Waals surface area contributed by atoms with Crippen LogP contribution in [0.2, 0.25) is 0 Å². The third-order valence-corrected chi connectivity index (χ3v) is 4.20. The van der Waals surface area contributed by atoms with Gasteiger partial charge in [0.1, 0.15) is 5.82 Å². The molecule has 1 heterocycles. The zero-order valence-electron chi connectivity index (χ0n) is 13.4. The molecule has 0 aliphatic carbocycles. The largest absolute Gasteiger partial charge is 0.332 e. The molecule has 1 aromatic rings. The van der Waals surface area contributed by atoms with Gasteiger partial charge < -0.3 is 4.57 Å². The molecular formula is C17H32N2. The number of nitrogens with zero attached hydrogens (tertiary/aromatic N) is 2. The Labute approximate surface area is 119 Å². The number of imidazole rings is 1. The van der Waals surface area contributed by atoms with E-state index in [-0.39, 0.29) is 0 Å². The van der Waals surface area contributed by atoms with Crippen molar-refractivity contribution in [2.45, 2.75) is 91.0 Å². The topological polar surface area (TPSA) is 17.8 Å². The molecule has 0 amide bonds. The Morgan fingerprint density at radius 3 is 2.42 bits per heavy atom. The normalized spacial score (nSPS) is 14.5. The number of rotatable bonds is 10. The highest BCUT2D eigenvalue weighted by Gasteiger charge is 2.13. The van der Waals surface area contributed by atoms with Crippen LogP contribution in [0.3, 0.4) is 0 Å². The molecule has 0 radical (unpaired) electrons. The van der Waals surface area contributed by atoms with E-state index in [9.17, 15) is 0 Å². The fourth-order valence-corrected chi connectivity index (χ4v) is 2.62. The van der Waals surface area contributed by atoms with Crippen molar-refractivity contribution in [1.82, 2.24) is 9.55 Å². The molecule has 110 valence electrons. The summed E-state index contributed by atoms with van der Waals surface area (Å²) in [4.78, 5) is 4.54. The van der Waals surface area contributed by atoms with Gasteiger partial charge in [-0.05, 0) is 19.8 Å². The maximum atomic E-state index is 4.54. The third-order valence-electron chi connectivity index (χ3n) is 4.20. The summed E-state index contributed by atoms with van der Waals surface area (Å²) in [5, 5.41) is 0. The second-order valence-corrected chi connectivity index (χ2v) is 5.91. The van der Waals surface area contributed by atoms with Crippen LogP contribution in [0.15, 0.2) is 12.4 Å². The highest BCUT2D eigenvalue weighted by Crippen LogP contribution is 2.23. The van der Waals surface area contributed by atoms with Crippen LogP contribution in [0, 0.1) is 0 Å². The van der Waals surface area contributed by atoms with Crippen molar-refractivity contribution in [2.24, 2.45) is 0 Å². The molecule has 0 aliphatic rings. The lowest BCUT2D eigenvalue weighted by molar-refractivity contribution is 0.444. The first kappa shape index (κ1) is 16.3. The molecule has 1 aromatic heterocycles. The zero-order valence-corrected chi connectivity index (χ0v) is 13.4. The zero-order chi connectivity index (χ0) is 14.1. The van der Waals surface area contributed by atoms with Gasteiger partial charge >= 0.3 is 0 Å². The first-order chi connectivity index (χ1) is 9.20. The van der Waals surface area contributed by atoms with Crippen molar-refractivity contribution >= 4 is 0 Å². The Morgan fingerprint density at radius 1 is 1.05 bits per heavy atom. The highest BCUT2D eigenvalue weighted by molar-refractivity contribution is 5.00. The van der Waals surface area contributed by atoms with Crippen molar-refractivity contribution in [1.29, 1.82) is 0 Å². The minimum Gasteiger partial charge on any atom is -0.332 e. The van der Waals surface area contributed by atoms with E-state index in [0.29, 0.717) is 12.0 Å². The molecule has 2 nitrogen and oxygen atoms in total. The Hall–Kier alpha value is -0.790. The lowest BCUT2D eigenvalue weighted by atomic mass is 10.0. The molecule has 0 N–H and O–H groups in total. The SMILES string of the molecule is CCCCCCCCC(C)n1ccnc1C(C)CC. The Kier molecular flexibility index (Phi) is 7.85. The van der Waals surface area contributed by atoms with E-state index in [1.807, 2.05) is 6.20 Å². The van der Waals surface area contributed by atoms with Gasteiger partial charge in [-0.15, -0.1) is 0 Å². The summed E-state index contributed by atoms with van der Waals surface area (Å²) in [6.07, 6.45) is 14.9. The molecule has 0 bridgehead atoms. The molecule has 0 saturated heterocycles. The summed E-state index contributed by atoms with van der Waals surface area (Å²) in [5.74, 6) is 1.84. The smallest absolute Gasteiger partial charge is 0.111 e. The average Bonchev–Trinajstić information content (AvgIpc) is 2.91. The molecule has 2 heteroatoms. The monoisotopic (exact) mass is 264 g/mol. The number of aromatic nitrogens is 2. The molecular weight excluding hydrogens is 232 g/mol. The molecule has 1 rings (SSSR count). The van der Waals surface area contributed by atoms with E-state index in [1.165, 1.54) is 57.2 Å². The average molecular weight is 264 g/mol. The van der Waals surface area contributed by atoms with Crippen LogP contribution in [0.5, 0.6) is 0 Å². The van der Waals surface area contributed by atoms with E-state index >= 15 is 0 Å². The maximum Gasteiger partial charge on any atom is 0.111 e. The van der Waals surface area contributed by atoms with E-state index in [0.717, 1.165) is 0 Å². The van der Waals surface area contributed by atoms with Crippen LogP contribution in [0.25, 0.3) is 0 Å². The summed E-state index contributed by atoms with van der Waals surface area (Å²) >= 11 is 0. The predicted molar refractivity (Wildman–Crippen MR) is 83.6 cm³/mol. The number of hydrogen-bond acceptors (Lipinski definition) is 1. The summed E-state index contributed by atoms with van der Waals surface area (Å²) in [6, 6.07) is 0.595. The van der Waals surface area contributed by atoms with Gasteiger partial charge in [0.15, 0.2) is 0 Å². The van der Waals surface area contributed by atoms with Crippen molar-refractivity contribution in [3.8, 4) is 0 Å². The molecule has 2 unspecified atom stereocenters. The summed E-state index contributed by atoms with van der Waals surface area (Å²) in [5.41, 5.74) is 0. The minimum atomic E-state index is 0.571. The number of hydrogen-bond donors (Lipinski definition) is 0. The van der Waals surface area contributed by atoms with E-state index < -0.39 is 0 Å². The Morgan fingerprint density at radius 2 is 1.74 bits per heavy atom. The molecule has 0 aliphatic heterocycles. The molecule has 0 fully saturated rings. The highest BCUT2D eigenvalue weighted by atomic mass is 15.1. The van der Waals surface area contributed by atoms with Crippen LogP contribution in [0.4, 0.5) is 0 Å². The summed E-state index contributed by atoms with van der Waals surface area (Å²) in [6.45, 7) is 9.12. The van der Waals surface area contributed by atoms with Crippen LogP contribution in [0.1, 0.15) is 96.8 Å². The van der Waals surface area contributed by atoms with Gasteiger partial charge in [-0.2, -0.15) is 0 Å². The van der Waals surface area contributed by atoms with Gasteiger partial charge in [0.2, 0.25) is 0 Å². The summed E-state index contributed by atoms with van der Waals surface area (Å²) in [7, 11) is 0. The van der Waals surface area contributed by atoms with Gasteiger partial charge in [-0.1, -0.05) is 59.3 Å². The second-order valence-electron chi connectivity index (χ2n) is 5.91. The van der Waals surface area contributed by atoms with Gasteiger partial charge in [0.25, 0.3) is 0 Å². The maximum absolute atomic E-state index is 4.54. The second kappa shape index (κ2) is 9.17. The van der Waals surface area contributed by atoms with E-state index in [1.54, 1.807) is 0 Å². The van der Waals surface area contributed by atoms with Crippen LogP contribution < -0.4 is 0 Å². The standard InChI is InChI=1S/C17H32N2/c1-5-7-8-9-10-11-12-16(4)19-14-13-18-17(19)15(3)6-2/h13-16H,5-12H2,1-4H3. The number of unbranched alkanes of at least 4 members (excludes halogenated alkanes) is 5. The van der Waals surface area contributed by atoms with Gasteiger partial charge in [-0.3, -0.25) is 0 Å². The van der Waals surface area contributed by atoms with Gasteiger partial charge in [-0.25, -0.2) is 4.98 Å². The Balaban J connectivity index is 2.33. The third kappa shape index (κ3) is 5.38. The first-order valence-electron chi connectivity index (χ1n) is 8.23. The molecule has 0 spiro atoms. The fourth-order valence-electron chi connectivity index (χ4n) is 2.62. The van der Waals surface area contributed by atoms with Gasteiger partial charge in [0, 0.05) is 24.4 Å². The lowest BCUT2D eigenvalue weighted by Gasteiger charge is -2.19. The van der Waals surface area contributed by atoms with E-state index in [2.05, 4.69) is 43.4 Å². The minimum absolute atomic E-state index is 0.571. The van der Waals surface area contributed by atoms with Crippen LogP contribution in [-0.2, 0) is 0 Å². The molecule has 0 saturated carbocycles.